The Bertz CT molecular complexity index is 908. The number of nitrogens with one attached hydrogen (secondary N) is 3. The zero-order chi connectivity index (χ0) is 18.1. The third kappa shape index (κ3) is 3.75. The summed E-state index contributed by atoms with van der Waals surface area (Å²) in [5.41, 5.74) is 1.80. The molecule has 1 fully saturated rings. The van der Waals surface area contributed by atoms with Crippen molar-refractivity contribution in [3.8, 4) is 0 Å². The number of aromatic nitrogens is 5. The molecule has 9 heteroatoms. The smallest absolute Gasteiger partial charge is 0.225 e. The van der Waals surface area contributed by atoms with Crippen LogP contribution in [0.15, 0.2) is 30.6 Å². The van der Waals surface area contributed by atoms with E-state index in [-0.39, 0.29) is 11.9 Å². The molecule has 3 N–H and O–H groups in total. The van der Waals surface area contributed by atoms with E-state index in [2.05, 4.69) is 35.8 Å². The van der Waals surface area contributed by atoms with E-state index >= 15 is 0 Å². The number of hydrogen-bond donors (Lipinski definition) is 3. The SMILES string of the molecule is CC(Nc1ncc(Cl)c(Nc2cc(C3CC3)[nH]n2)n1)c1ccc(F)cn1. The van der Waals surface area contributed by atoms with Crippen LogP contribution >= 0.6 is 11.6 Å². The van der Waals surface area contributed by atoms with Crippen LogP contribution in [0.25, 0.3) is 0 Å². The zero-order valence-electron chi connectivity index (χ0n) is 14.0. The normalized spacial score (nSPS) is 14.9. The Kier molecular flexibility index (Phi) is 4.42. The van der Waals surface area contributed by atoms with Gasteiger partial charge in [0.05, 0.1) is 24.1 Å². The largest absolute Gasteiger partial charge is 0.346 e. The molecule has 1 aliphatic carbocycles. The van der Waals surface area contributed by atoms with Crippen molar-refractivity contribution in [3.05, 3.63) is 52.8 Å². The van der Waals surface area contributed by atoms with Gasteiger partial charge in [-0.3, -0.25) is 10.1 Å². The Balaban J connectivity index is 1.48. The van der Waals surface area contributed by atoms with Crippen LogP contribution in [0.5, 0.6) is 0 Å². The molecular weight excluding hydrogens is 357 g/mol. The van der Waals surface area contributed by atoms with Gasteiger partial charge in [0.25, 0.3) is 0 Å². The Morgan fingerprint density at radius 1 is 1.27 bits per heavy atom. The predicted octanol–water partition coefficient (Wildman–Crippen LogP) is 4.18. The minimum Gasteiger partial charge on any atom is -0.346 e. The van der Waals surface area contributed by atoms with E-state index in [0.717, 1.165) is 5.69 Å². The molecule has 1 aliphatic rings. The lowest BCUT2D eigenvalue weighted by molar-refractivity contribution is 0.617. The number of H-pyrrole nitrogens is 1. The maximum Gasteiger partial charge on any atom is 0.225 e. The molecule has 0 spiro atoms. The molecule has 3 aromatic heterocycles. The molecule has 0 bridgehead atoms. The molecule has 0 amide bonds. The summed E-state index contributed by atoms with van der Waals surface area (Å²) in [5, 5.41) is 13.9. The number of pyridine rings is 1. The molecule has 3 heterocycles. The van der Waals surface area contributed by atoms with Crippen molar-refractivity contribution in [3.63, 3.8) is 0 Å². The molecule has 0 saturated heterocycles. The highest BCUT2D eigenvalue weighted by Gasteiger charge is 2.25. The first-order valence-corrected chi connectivity index (χ1v) is 8.69. The number of aromatic amines is 1. The molecule has 26 heavy (non-hydrogen) atoms. The zero-order valence-corrected chi connectivity index (χ0v) is 14.8. The van der Waals surface area contributed by atoms with Crippen LogP contribution in [0, 0.1) is 5.82 Å². The van der Waals surface area contributed by atoms with Gasteiger partial charge in [-0.25, -0.2) is 9.37 Å². The molecule has 134 valence electrons. The van der Waals surface area contributed by atoms with Crippen molar-refractivity contribution in [1.29, 1.82) is 0 Å². The number of anilines is 3. The first-order valence-electron chi connectivity index (χ1n) is 8.31. The fourth-order valence-corrected chi connectivity index (χ4v) is 2.70. The summed E-state index contributed by atoms with van der Waals surface area (Å²) < 4.78 is 13.0. The lowest BCUT2D eigenvalue weighted by atomic mass is 10.2. The Morgan fingerprint density at radius 2 is 2.12 bits per heavy atom. The van der Waals surface area contributed by atoms with Crippen molar-refractivity contribution in [2.24, 2.45) is 0 Å². The van der Waals surface area contributed by atoms with Crippen LogP contribution in [0.2, 0.25) is 5.02 Å². The fourth-order valence-electron chi connectivity index (χ4n) is 2.56. The van der Waals surface area contributed by atoms with E-state index in [1.807, 2.05) is 13.0 Å². The summed E-state index contributed by atoms with van der Waals surface area (Å²) in [7, 11) is 0. The summed E-state index contributed by atoms with van der Waals surface area (Å²) in [4.78, 5) is 12.6. The highest BCUT2D eigenvalue weighted by Crippen LogP contribution is 2.39. The first kappa shape index (κ1) is 16.7. The van der Waals surface area contributed by atoms with Crippen molar-refractivity contribution in [1.82, 2.24) is 25.1 Å². The van der Waals surface area contributed by atoms with Crippen molar-refractivity contribution < 1.29 is 4.39 Å². The second kappa shape index (κ2) is 6.87. The monoisotopic (exact) mass is 373 g/mol. The average molecular weight is 374 g/mol. The van der Waals surface area contributed by atoms with Gasteiger partial charge in [0, 0.05) is 17.7 Å². The van der Waals surface area contributed by atoms with Crippen LogP contribution in [0.4, 0.5) is 22.0 Å². The molecule has 1 atom stereocenters. The van der Waals surface area contributed by atoms with Gasteiger partial charge in [-0.2, -0.15) is 10.1 Å². The molecule has 0 radical (unpaired) electrons. The van der Waals surface area contributed by atoms with Gasteiger partial charge in [0.1, 0.15) is 10.8 Å². The van der Waals surface area contributed by atoms with Crippen molar-refractivity contribution in [2.75, 3.05) is 10.6 Å². The maximum absolute atomic E-state index is 13.0. The summed E-state index contributed by atoms with van der Waals surface area (Å²) in [6.45, 7) is 1.89. The minimum absolute atomic E-state index is 0.198. The standard InChI is InChI=1S/C17H17ClFN7/c1-9(13-5-4-11(19)7-20-13)22-17-21-8-12(18)16(24-17)23-15-6-14(25-26-15)10-2-3-10/h4-10H,2-3H2,1H3,(H3,21,22,23,24,25,26). The molecular formula is C17H17ClFN7. The van der Waals surface area contributed by atoms with E-state index in [1.165, 1.54) is 31.3 Å². The number of halogens is 2. The first-order chi connectivity index (χ1) is 12.6. The van der Waals surface area contributed by atoms with Crippen LogP contribution in [-0.2, 0) is 0 Å². The number of rotatable bonds is 6. The Morgan fingerprint density at radius 3 is 2.85 bits per heavy atom. The number of nitrogens with zero attached hydrogens (tertiary/aromatic N) is 4. The topological polar surface area (TPSA) is 91.4 Å². The van der Waals surface area contributed by atoms with Crippen LogP contribution in [0.1, 0.15) is 43.1 Å². The van der Waals surface area contributed by atoms with Gasteiger partial charge in [0.2, 0.25) is 5.95 Å². The van der Waals surface area contributed by atoms with Gasteiger partial charge >= 0.3 is 0 Å². The lowest BCUT2D eigenvalue weighted by Crippen LogP contribution is -2.11. The number of hydrogen-bond acceptors (Lipinski definition) is 6. The molecule has 1 unspecified atom stereocenters. The van der Waals surface area contributed by atoms with Crippen molar-refractivity contribution in [2.45, 2.75) is 31.7 Å². The molecule has 7 nitrogen and oxygen atoms in total. The second-order valence-electron chi connectivity index (χ2n) is 6.27. The summed E-state index contributed by atoms with van der Waals surface area (Å²) >= 11 is 6.19. The highest BCUT2D eigenvalue weighted by molar-refractivity contribution is 6.32. The quantitative estimate of drug-likeness (QED) is 0.600. The van der Waals surface area contributed by atoms with E-state index in [0.29, 0.717) is 34.2 Å². The second-order valence-corrected chi connectivity index (χ2v) is 6.67. The third-order valence-corrected chi connectivity index (χ3v) is 4.42. The van der Waals surface area contributed by atoms with E-state index in [1.54, 1.807) is 6.07 Å². The molecule has 0 aromatic carbocycles. The summed E-state index contributed by atoms with van der Waals surface area (Å²) in [5.74, 6) is 1.71. The molecule has 1 saturated carbocycles. The molecule has 3 aromatic rings. The van der Waals surface area contributed by atoms with E-state index in [9.17, 15) is 4.39 Å². The van der Waals surface area contributed by atoms with Gasteiger partial charge in [-0.1, -0.05) is 11.6 Å². The third-order valence-electron chi connectivity index (χ3n) is 4.14. The Hall–Kier alpha value is -2.74. The molecule has 4 rings (SSSR count). The van der Waals surface area contributed by atoms with Crippen LogP contribution in [0.3, 0.4) is 0 Å². The van der Waals surface area contributed by atoms with Crippen LogP contribution in [-0.4, -0.2) is 25.1 Å². The Labute approximate surface area is 154 Å². The molecule has 0 aliphatic heterocycles. The predicted molar refractivity (Wildman–Crippen MR) is 97.1 cm³/mol. The van der Waals surface area contributed by atoms with Gasteiger partial charge in [0.15, 0.2) is 11.6 Å². The summed E-state index contributed by atoms with van der Waals surface area (Å²) in [6, 6.07) is 4.75. The lowest BCUT2D eigenvalue weighted by Gasteiger charge is -2.14. The summed E-state index contributed by atoms with van der Waals surface area (Å²) in [6.07, 6.45) is 5.08. The minimum atomic E-state index is -0.375. The maximum atomic E-state index is 13.0. The van der Waals surface area contributed by atoms with Crippen LogP contribution < -0.4 is 10.6 Å². The van der Waals surface area contributed by atoms with Gasteiger partial charge in [-0.05, 0) is 31.9 Å². The van der Waals surface area contributed by atoms with E-state index < -0.39 is 0 Å². The van der Waals surface area contributed by atoms with Gasteiger partial charge in [-0.15, -0.1) is 0 Å². The average Bonchev–Trinajstić information content (AvgIpc) is 3.38. The van der Waals surface area contributed by atoms with Gasteiger partial charge < -0.3 is 10.6 Å². The van der Waals surface area contributed by atoms with E-state index in [4.69, 9.17) is 11.6 Å². The highest BCUT2D eigenvalue weighted by atomic mass is 35.5. The van der Waals surface area contributed by atoms with Crippen molar-refractivity contribution >= 4 is 29.2 Å². The fraction of sp³-hybridized carbons (Fsp3) is 0.294.